The van der Waals surface area contributed by atoms with Gasteiger partial charge in [0.2, 0.25) is 10.0 Å². The molecule has 0 bridgehead atoms. The van der Waals surface area contributed by atoms with E-state index >= 15 is 0 Å². The Bertz CT molecular complexity index is 581. The second kappa shape index (κ2) is 5.94. The molecular weight excluding hydrogens is 286 g/mol. The van der Waals surface area contributed by atoms with E-state index in [-0.39, 0.29) is 6.04 Å². The molecule has 2 saturated carbocycles. The summed E-state index contributed by atoms with van der Waals surface area (Å²) in [5.74, 6) is 0.518. The lowest BCUT2D eigenvalue weighted by molar-refractivity contribution is 0.505. The van der Waals surface area contributed by atoms with Crippen LogP contribution in [0.15, 0.2) is 29.2 Å². The van der Waals surface area contributed by atoms with Gasteiger partial charge in [0.15, 0.2) is 0 Å². The van der Waals surface area contributed by atoms with Crippen molar-refractivity contribution in [1.29, 1.82) is 0 Å². The highest BCUT2D eigenvalue weighted by Crippen LogP contribution is 2.25. The van der Waals surface area contributed by atoms with Crippen LogP contribution in [0.25, 0.3) is 0 Å². The molecule has 1 aromatic carbocycles. The summed E-state index contributed by atoms with van der Waals surface area (Å²) in [7, 11) is -3.35. The van der Waals surface area contributed by atoms with Gasteiger partial charge in [-0.2, -0.15) is 0 Å². The van der Waals surface area contributed by atoms with Crippen molar-refractivity contribution in [3.63, 3.8) is 0 Å². The minimum Gasteiger partial charge on any atom is -0.385 e. The number of benzene rings is 1. The summed E-state index contributed by atoms with van der Waals surface area (Å²) in [6.07, 6.45) is 5.38. The van der Waals surface area contributed by atoms with Crippen molar-refractivity contribution in [3.05, 3.63) is 24.3 Å². The standard InChI is InChI=1S/C15H23N3O2S/c16-15-3-1-2-11(15)10-17-12-6-8-14(9-7-12)21(19,20)18-13-4-5-13/h6-9,11,13,15,17-18H,1-5,10,16H2. The number of sulfonamides is 1. The van der Waals surface area contributed by atoms with Crippen LogP contribution in [0.2, 0.25) is 0 Å². The fraction of sp³-hybridized carbons (Fsp3) is 0.600. The number of hydrogen-bond donors (Lipinski definition) is 3. The molecule has 0 spiro atoms. The van der Waals surface area contributed by atoms with Crippen LogP contribution in [0.3, 0.4) is 0 Å². The molecule has 0 aliphatic heterocycles. The molecule has 0 radical (unpaired) electrons. The Morgan fingerprint density at radius 2 is 1.81 bits per heavy atom. The highest BCUT2D eigenvalue weighted by atomic mass is 32.2. The van der Waals surface area contributed by atoms with Gasteiger partial charge in [-0.25, -0.2) is 13.1 Å². The van der Waals surface area contributed by atoms with Crippen LogP contribution in [-0.4, -0.2) is 27.0 Å². The molecule has 0 heterocycles. The molecule has 6 heteroatoms. The van der Waals surface area contributed by atoms with Crippen LogP contribution in [-0.2, 0) is 10.0 Å². The third-order valence-corrected chi connectivity index (χ3v) is 5.89. The van der Waals surface area contributed by atoms with Crippen molar-refractivity contribution >= 4 is 15.7 Å². The maximum absolute atomic E-state index is 12.1. The van der Waals surface area contributed by atoms with Gasteiger partial charge < -0.3 is 11.1 Å². The van der Waals surface area contributed by atoms with E-state index in [0.717, 1.165) is 31.5 Å². The van der Waals surface area contributed by atoms with Crippen molar-refractivity contribution in [2.24, 2.45) is 11.7 Å². The normalized spacial score (nSPS) is 26.0. The summed E-state index contributed by atoms with van der Waals surface area (Å²) in [6, 6.07) is 7.38. The van der Waals surface area contributed by atoms with Crippen LogP contribution in [0.1, 0.15) is 32.1 Å². The summed E-state index contributed by atoms with van der Waals surface area (Å²) in [4.78, 5) is 0.331. The van der Waals surface area contributed by atoms with Crippen LogP contribution in [0.4, 0.5) is 5.69 Å². The molecule has 2 fully saturated rings. The van der Waals surface area contributed by atoms with E-state index < -0.39 is 10.0 Å². The lowest BCUT2D eigenvalue weighted by Gasteiger charge is -2.17. The Balaban J connectivity index is 1.58. The topological polar surface area (TPSA) is 84.2 Å². The second-order valence-electron chi connectivity index (χ2n) is 6.16. The first-order valence-corrected chi connectivity index (χ1v) is 9.15. The summed E-state index contributed by atoms with van der Waals surface area (Å²) in [6.45, 7) is 0.855. The molecule has 21 heavy (non-hydrogen) atoms. The van der Waals surface area contributed by atoms with Crippen LogP contribution in [0, 0.1) is 5.92 Å². The average molecular weight is 309 g/mol. The van der Waals surface area contributed by atoms with Crippen molar-refractivity contribution in [3.8, 4) is 0 Å². The molecular formula is C15H23N3O2S. The van der Waals surface area contributed by atoms with E-state index in [9.17, 15) is 8.42 Å². The van der Waals surface area contributed by atoms with Gasteiger partial charge in [-0.1, -0.05) is 6.42 Å². The third kappa shape index (κ3) is 3.75. The first-order valence-electron chi connectivity index (χ1n) is 7.66. The van der Waals surface area contributed by atoms with Crippen LogP contribution in [0.5, 0.6) is 0 Å². The van der Waals surface area contributed by atoms with Crippen molar-refractivity contribution < 1.29 is 8.42 Å². The van der Waals surface area contributed by atoms with Gasteiger partial charge in [0.25, 0.3) is 0 Å². The van der Waals surface area contributed by atoms with Gasteiger partial charge in [0.1, 0.15) is 0 Å². The Morgan fingerprint density at radius 3 is 2.38 bits per heavy atom. The summed E-state index contributed by atoms with van der Waals surface area (Å²) in [5.41, 5.74) is 6.99. The molecule has 0 amide bonds. The smallest absolute Gasteiger partial charge is 0.240 e. The van der Waals surface area contributed by atoms with Gasteiger partial charge in [0, 0.05) is 24.3 Å². The first kappa shape index (κ1) is 14.8. The predicted molar refractivity (Wildman–Crippen MR) is 83.6 cm³/mol. The fourth-order valence-electron chi connectivity index (χ4n) is 2.81. The van der Waals surface area contributed by atoms with Gasteiger partial charge in [0.05, 0.1) is 4.90 Å². The molecule has 0 saturated heterocycles. The van der Waals surface area contributed by atoms with E-state index in [1.807, 2.05) is 12.1 Å². The van der Waals surface area contributed by atoms with Gasteiger partial charge >= 0.3 is 0 Å². The van der Waals surface area contributed by atoms with Gasteiger partial charge in [-0.15, -0.1) is 0 Å². The lowest BCUT2D eigenvalue weighted by Crippen LogP contribution is -2.29. The SMILES string of the molecule is NC1CCCC1CNc1ccc(S(=O)(=O)NC2CC2)cc1. The van der Waals surface area contributed by atoms with E-state index in [1.165, 1.54) is 12.8 Å². The molecule has 2 aliphatic rings. The Hall–Kier alpha value is -1.11. The van der Waals surface area contributed by atoms with Crippen molar-refractivity contribution in [2.75, 3.05) is 11.9 Å². The Labute approximate surface area is 126 Å². The number of hydrogen-bond acceptors (Lipinski definition) is 4. The van der Waals surface area contributed by atoms with E-state index in [0.29, 0.717) is 16.9 Å². The lowest BCUT2D eigenvalue weighted by atomic mass is 10.0. The number of rotatable bonds is 6. The van der Waals surface area contributed by atoms with Crippen LogP contribution < -0.4 is 15.8 Å². The maximum Gasteiger partial charge on any atom is 0.240 e. The maximum atomic E-state index is 12.1. The Kier molecular flexibility index (Phi) is 4.19. The quantitative estimate of drug-likeness (QED) is 0.746. The number of nitrogens with one attached hydrogen (secondary N) is 2. The van der Waals surface area contributed by atoms with E-state index in [4.69, 9.17) is 5.73 Å². The molecule has 1 aromatic rings. The van der Waals surface area contributed by atoms with E-state index in [1.54, 1.807) is 12.1 Å². The zero-order valence-electron chi connectivity index (χ0n) is 12.1. The second-order valence-corrected chi connectivity index (χ2v) is 7.87. The average Bonchev–Trinajstić information content (AvgIpc) is 3.16. The summed E-state index contributed by atoms with van der Waals surface area (Å²) >= 11 is 0. The first-order chi connectivity index (χ1) is 10.0. The zero-order chi connectivity index (χ0) is 14.9. The third-order valence-electron chi connectivity index (χ3n) is 4.35. The number of nitrogens with two attached hydrogens (primary N) is 1. The Morgan fingerprint density at radius 1 is 1.10 bits per heavy atom. The largest absolute Gasteiger partial charge is 0.385 e. The molecule has 3 rings (SSSR count). The minimum atomic E-state index is -3.35. The molecule has 2 atom stereocenters. The predicted octanol–water partition coefficient (Wildman–Crippen LogP) is 1.67. The molecule has 4 N–H and O–H groups in total. The zero-order valence-corrected chi connectivity index (χ0v) is 12.9. The summed E-state index contributed by atoms with van der Waals surface area (Å²) in [5, 5.41) is 3.35. The highest BCUT2D eigenvalue weighted by molar-refractivity contribution is 7.89. The molecule has 0 aromatic heterocycles. The molecule has 2 unspecified atom stereocenters. The molecule has 5 nitrogen and oxygen atoms in total. The van der Waals surface area contributed by atoms with Gasteiger partial charge in [-0.05, 0) is 55.9 Å². The van der Waals surface area contributed by atoms with Crippen LogP contribution >= 0.6 is 0 Å². The fourth-order valence-corrected chi connectivity index (χ4v) is 4.11. The molecule has 116 valence electrons. The van der Waals surface area contributed by atoms with Crippen molar-refractivity contribution in [1.82, 2.24) is 4.72 Å². The minimum absolute atomic E-state index is 0.136. The van der Waals surface area contributed by atoms with Crippen molar-refractivity contribution in [2.45, 2.75) is 49.1 Å². The van der Waals surface area contributed by atoms with Gasteiger partial charge in [-0.3, -0.25) is 0 Å². The highest BCUT2D eigenvalue weighted by Gasteiger charge is 2.28. The summed E-state index contributed by atoms with van der Waals surface area (Å²) < 4.78 is 26.8. The molecule has 2 aliphatic carbocycles. The van der Waals surface area contributed by atoms with E-state index in [2.05, 4.69) is 10.0 Å². The number of anilines is 1. The monoisotopic (exact) mass is 309 g/mol.